The molecule has 3 aromatic rings. The van der Waals surface area contributed by atoms with E-state index < -0.39 is 11.8 Å². The van der Waals surface area contributed by atoms with Crippen molar-refractivity contribution in [3.63, 3.8) is 0 Å². The van der Waals surface area contributed by atoms with E-state index in [1.165, 1.54) is 16.9 Å². The van der Waals surface area contributed by atoms with E-state index in [1.807, 2.05) is 31.2 Å². The van der Waals surface area contributed by atoms with Crippen LogP contribution in [0.15, 0.2) is 51.7 Å². The van der Waals surface area contributed by atoms with Crippen LogP contribution in [0.4, 0.5) is 5.82 Å². The number of benzene rings is 1. The highest BCUT2D eigenvalue weighted by molar-refractivity contribution is 9.10. The number of halogens is 1. The smallest absolute Gasteiger partial charge is 0.293 e. The number of hydrogen-bond acceptors (Lipinski definition) is 5. The number of thiocarbonyl (C=S) groups is 1. The number of amides is 2. The van der Waals surface area contributed by atoms with Gasteiger partial charge in [-0.25, -0.2) is 4.68 Å². The lowest BCUT2D eigenvalue weighted by molar-refractivity contribution is 0.0948. The Hall–Kier alpha value is -2.98. The van der Waals surface area contributed by atoms with Gasteiger partial charge in [0.15, 0.2) is 15.5 Å². The summed E-state index contributed by atoms with van der Waals surface area (Å²) >= 11 is 8.29. The number of nitrogens with two attached hydrogens (primary N) is 1. The van der Waals surface area contributed by atoms with Crippen molar-refractivity contribution in [2.24, 2.45) is 5.73 Å². The third kappa shape index (κ3) is 4.23. The van der Waals surface area contributed by atoms with Gasteiger partial charge in [-0.15, -0.1) is 0 Å². The predicted molar refractivity (Wildman–Crippen MR) is 107 cm³/mol. The summed E-state index contributed by atoms with van der Waals surface area (Å²) in [6.07, 6.45) is 1.33. The quantitative estimate of drug-likeness (QED) is 0.529. The van der Waals surface area contributed by atoms with Crippen LogP contribution >= 0.6 is 28.1 Å². The maximum atomic E-state index is 12.1. The summed E-state index contributed by atoms with van der Waals surface area (Å²) in [6, 6.07) is 10.6. The maximum absolute atomic E-state index is 12.1. The number of aryl methyl sites for hydroxylation is 1. The second-order valence-corrected chi connectivity index (χ2v) is 6.72. The van der Waals surface area contributed by atoms with E-state index in [1.54, 1.807) is 6.07 Å². The van der Waals surface area contributed by atoms with Crippen molar-refractivity contribution in [1.82, 2.24) is 15.1 Å². The van der Waals surface area contributed by atoms with E-state index in [9.17, 15) is 9.59 Å². The molecular weight excluding hydrogens is 434 g/mol. The number of primary amides is 1. The topological polar surface area (TPSA) is 115 Å². The first kappa shape index (κ1) is 18.8. The van der Waals surface area contributed by atoms with Crippen molar-refractivity contribution >= 4 is 50.9 Å². The molecule has 27 heavy (non-hydrogen) atoms. The molecule has 2 amide bonds. The molecule has 0 saturated heterocycles. The second kappa shape index (κ2) is 7.72. The summed E-state index contributed by atoms with van der Waals surface area (Å²) in [5.41, 5.74) is 7.32. The van der Waals surface area contributed by atoms with Crippen LogP contribution in [0.3, 0.4) is 0 Å². The maximum Gasteiger partial charge on any atom is 0.293 e. The van der Waals surface area contributed by atoms with Gasteiger partial charge >= 0.3 is 0 Å². The Labute approximate surface area is 167 Å². The summed E-state index contributed by atoms with van der Waals surface area (Å²) in [4.78, 5) is 23.9. The van der Waals surface area contributed by atoms with Gasteiger partial charge in [-0.1, -0.05) is 17.7 Å². The first-order chi connectivity index (χ1) is 12.8. The molecule has 0 bridgehead atoms. The Balaban J connectivity index is 1.85. The second-order valence-electron chi connectivity index (χ2n) is 5.53. The molecule has 0 aliphatic rings. The molecule has 0 aliphatic carbocycles. The summed E-state index contributed by atoms with van der Waals surface area (Å²) in [5, 5.41) is 9.43. The zero-order valence-corrected chi connectivity index (χ0v) is 16.4. The molecule has 0 atom stereocenters. The minimum absolute atomic E-state index is 0.0381. The number of aromatic nitrogens is 2. The van der Waals surface area contributed by atoms with Gasteiger partial charge in [0.2, 0.25) is 0 Å². The Morgan fingerprint density at radius 3 is 2.52 bits per heavy atom. The van der Waals surface area contributed by atoms with Crippen molar-refractivity contribution in [2.45, 2.75) is 6.92 Å². The third-order valence-electron chi connectivity index (χ3n) is 3.57. The Bertz CT molecular complexity index is 1030. The van der Waals surface area contributed by atoms with E-state index in [0.29, 0.717) is 10.4 Å². The van der Waals surface area contributed by atoms with Crippen LogP contribution in [0.2, 0.25) is 0 Å². The molecule has 10 heteroatoms. The molecule has 4 N–H and O–H groups in total. The van der Waals surface area contributed by atoms with Crippen molar-refractivity contribution in [3.05, 3.63) is 64.2 Å². The molecule has 0 fully saturated rings. The lowest BCUT2D eigenvalue weighted by atomic mass is 10.2. The van der Waals surface area contributed by atoms with E-state index in [-0.39, 0.29) is 22.3 Å². The molecule has 0 spiro atoms. The molecule has 2 heterocycles. The summed E-state index contributed by atoms with van der Waals surface area (Å²) in [6.45, 7) is 1.96. The van der Waals surface area contributed by atoms with Crippen molar-refractivity contribution in [3.8, 4) is 5.69 Å². The van der Waals surface area contributed by atoms with Crippen LogP contribution in [0.25, 0.3) is 5.69 Å². The number of furan rings is 1. The summed E-state index contributed by atoms with van der Waals surface area (Å²) in [5.74, 6) is -0.898. The summed E-state index contributed by atoms with van der Waals surface area (Å²) in [7, 11) is 0. The number of carbonyl (C=O) groups is 2. The lowest BCUT2D eigenvalue weighted by Gasteiger charge is -2.12. The molecule has 2 aromatic heterocycles. The average molecular weight is 448 g/mol. The van der Waals surface area contributed by atoms with Gasteiger partial charge in [-0.3, -0.25) is 14.9 Å². The highest BCUT2D eigenvalue weighted by Gasteiger charge is 2.19. The Morgan fingerprint density at radius 2 is 1.93 bits per heavy atom. The molecule has 1 aromatic carbocycles. The first-order valence-corrected chi connectivity index (χ1v) is 8.88. The SMILES string of the molecule is Cc1ccc(-n2ncc(C(N)=O)c2NC(=S)NC(=O)c2ccc(Br)o2)cc1. The highest BCUT2D eigenvalue weighted by atomic mass is 79.9. The number of rotatable bonds is 4. The van der Waals surface area contributed by atoms with E-state index in [4.69, 9.17) is 22.4 Å². The van der Waals surface area contributed by atoms with Crippen LogP contribution in [-0.2, 0) is 0 Å². The van der Waals surface area contributed by atoms with Gasteiger partial charge in [0.05, 0.1) is 11.9 Å². The standard InChI is InChI=1S/C17H14BrN5O3S/c1-9-2-4-10(5-3-9)23-15(11(8-20-23)14(19)24)21-17(27)22-16(25)12-6-7-13(18)26-12/h2-8H,1H3,(H2,19,24)(H2,21,22,25,27). The van der Waals surface area contributed by atoms with Gasteiger partial charge in [-0.2, -0.15) is 5.10 Å². The fourth-order valence-electron chi connectivity index (χ4n) is 2.27. The Kier molecular flexibility index (Phi) is 5.38. The minimum Gasteiger partial charge on any atom is -0.444 e. The average Bonchev–Trinajstić information content (AvgIpc) is 3.22. The zero-order chi connectivity index (χ0) is 19.6. The van der Waals surface area contributed by atoms with E-state index in [2.05, 4.69) is 31.7 Å². The number of hydrogen-bond donors (Lipinski definition) is 3. The normalized spacial score (nSPS) is 10.4. The monoisotopic (exact) mass is 447 g/mol. The van der Waals surface area contributed by atoms with E-state index >= 15 is 0 Å². The third-order valence-corrected chi connectivity index (χ3v) is 4.20. The fraction of sp³-hybridized carbons (Fsp3) is 0.0588. The molecule has 0 saturated carbocycles. The first-order valence-electron chi connectivity index (χ1n) is 7.67. The van der Waals surface area contributed by atoms with Crippen LogP contribution in [0.1, 0.15) is 26.5 Å². The molecule has 138 valence electrons. The van der Waals surface area contributed by atoms with Crippen molar-refractivity contribution < 1.29 is 14.0 Å². The fourth-order valence-corrected chi connectivity index (χ4v) is 2.77. The van der Waals surface area contributed by atoms with Crippen molar-refractivity contribution in [1.29, 1.82) is 0 Å². The molecular formula is C17H14BrN5O3S. The van der Waals surface area contributed by atoms with E-state index in [0.717, 1.165) is 5.56 Å². The highest BCUT2D eigenvalue weighted by Crippen LogP contribution is 2.20. The van der Waals surface area contributed by atoms with Crippen LogP contribution in [0, 0.1) is 6.92 Å². The van der Waals surface area contributed by atoms with Crippen LogP contribution in [0.5, 0.6) is 0 Å². The molecule has 0 radical (unpaired) electrons. The molecule has 3 rings (SSSR count). The molecule has 0 unspecified atom stereocenters. The predicted octanol–water partition coefficient (Wildman–Crippen LogP) is 2.76. The number of carbonyl (C=O) groups excluding carboxylic acids is 2. The Morgan fingerprint density at radius 1 is 1.22 bits per heavy atom. The van der Waals surface area contributed by atoms with Gasteiger partial charge in [0.25, 0.3) is 11.8 Å². The zero-order valence-electron chi connectivity index (χ0n) is 14.0. The summed E-state index contributed by atoms with van der Waals surface area (Å²) < 4.78 is 7.06. The van der Waals surface area contributed by atoms with Gasteiger partial charge < -0.3 is 15.5 Å². The van der Waals surface area contributed by atoms with Gasteiger partial charge in [0.1, 0.15) is 11.4 Å². The number of anilines is 1. The van der Waals surface area contributed by atoms with Crippen molar-refractivity contribution in [2.75, 3.05) is 5.32 Å². The molecule has 8 nitrogen and oxygen atoms in total. The lowest BCUT2D eigenvalue weighted by Crippen LogP contribution is -2.35. The minimum atomic E-state index is -0.681. The number of nitrogens with one attached hydrogen (secondary N) is 2. The largest absolute Gasteiger partial charge is 0.444 e. The van der Waals surface area contributed by atoms with Crippen LogP contribution < -0.4 is 16.4 Å². The molecule has 0 aliphatic heterocycles. The van der Waals surface area contributed by atoms with Gasteiger partial charge in [0, 0.05) is 0 Å². The van der Waals surface area contributed by atoms with Gasteiger partial charge in [-0.05, 0) is 59.3 Å². The van der Waals surface area contributed by atoms with Crippen LogP contribution in [-0.4, -0.2) is 26.7 Å². The number of nitrogens with zero attached hydrogens (tertiary/aromatic N) is 2.